The lowest BCUT2D eigenvalue weighted by Gasteiger charge is -2.14. The van der Waals surface area contributed by atoms with E-state index in [0.29, 0.717) is 0 Å². The molecule has 0 atom stereocenters. The predicted molar refractivity (Wildman–Crippen MR) is 94.8 cm³/mol. The maximum atomic E-state index is 12.9. The van der Waals surface area contributed by atoms with E-state index >= 15 is 0 Å². The molecule has 2 rings (SSSR count). The summed E-state index contributed by atoms with van der Waals surface area (Å²) in [5, 5.41) is 4.32. The lowest BCUT2D eigenvalue weighted by Crippen LogP contribution is -2.34. The quantitative estimate of drug-likeness (QED) is 0.544. The number of urea groups is 1. The first-order valence-corrected chi connectivity index (χ1v) is 8.49. The third-order valence-electron chi connectivity index (χ3n) is 2.96. The first kappa shape index (κ1) is 19.7. The number of imide groups is 1. The molecule has 0 aliphatic rings. The number of rotatable bonds is 2. The Hall–Kier alpha value is -1.58. The molecule has 0 radical (unpaired) electrons. The fourth-order valence-corrected chi connectivity index (χ4v) is 3.37. The topological polar surface area (TPSA) is 58.2 Å². The second-order valence-corrected chi connectivity index (χ2v) is 6.81. The summed E-state index contributed by atoms with van der Waals surface area (Å²) in [7, 11) is 0. The van der Waals surface area contributed by atoms with Crippen LogP contribution >= 0.6 is 43.5 Å². The zero-order valence-electron chi connectivity index (χ0n) is 12.0. The van der Waals surface area contributed by atoms with Gasteiger partial charge in [-0.1, -0.05) is 39.7 Å². The molecule has 2 aromatic rings. The third-order valence-corrected chi connectivity index (χ3v) is 4.60. The summed E-state index contributed by atoms with van der Waals surface area (Å²) in [5.41, 5.74) is -1.06. The van der Waals surface area contributed by atoms with Crippen LogP contribution in [0.5, 0.6) is 0 Å². The molecule has 132 valence electrons. The molecule has 0 aliphatic carbocycles. The third kappa shape index (κ3) is 4.96. The molecule has 4 nitrogen and oxygen atoms in total. The zero-order chi connectivity index (χ0) is 18.8. The summed E-state index contributed by atoms with van der Waals surface area (Å²) in [5.74, 6) is -0.785. The maximum absolute atomic E-state index is 12.9. The number of halogens is 6. The first-order chi connectivity index (χ1) is 11.6. The van der Waals surface area contributed by atoms with Crippen molar-refractivity contribution in [1.29, 1.82) is 0 Å². The van der Waals surface area contributed by atoms with Gasteiger partial charge in [-0.25, -0.2) is 4.79 Å². The summed E-state index contributed by atoms with van der Waals surface area (Å²) < 4.78 is 38.8. The molecule has 0 heterocycles. The van der Waals surface area contributed by atoms with E-state index in [1.807, 2.05) is 5.32 Å². The van der Waals surface area contributed by atoms with Gasteiger partial charge in [-0.3, -0.25) is 10.1 Å². The molecule has 0 fully saturated rings. The second kappa shape index (κ2) is 7.76. The van der Waals surface area contributed by atoms with Gasteiger partial charge >= 0.3 is 12.2 Å². The molecule has 0 spiro atoms. The molecular weight excluding hydrogens is 492 g/mol. The van der Waals surface area contributed by atoms with Crippen LogP contribution in [0.3, 0.4) is 0 Å². The van der Waals surface area contributed by atoms with Gasteiger partial charge in [-0.2, -0.15) is 13.2 Å². The average molecular weight is 500 g/mol. The lowest BCUT2D eigenvalue weighted by molar-refractivity contribution is -0.138. The highest BCUT2D eigenvalue weighted by molar-refractivity contribution is 9.11. The van der Waals surface area contributed by atoms with Crippen LogP contribution in [0.25, 0.3) is 0 Å². The van der Waals surface area contributed by atoms with E-state index in [4.69, 9.17) is 11.6 Å². The summed E-state index contributed by atoms with van der Waals surface area (Å²) in [6.45, 7) is 0. The van der Waals surface area contributed by atoms with Crippen molar-refractivity contribution >= 4 is 61.1 Å². The van der Waals surface area contributed by atoms with Gasteiger partial charge in [0.1, 0.15) is 0 Å². The van der Waals surface area contributed by atoms with Crippen molar-refractivity contribution in [3.05, 3.63) is 61.5 Å². The van der Waals surface area contributed by atoms with E-state index in [0.717, 1.165) is 12.1 Å². The minimum atomic E-state index is -4.61. The minimum Gasteiger partial charge on any atom is -0.307 e. The number of amides is 3. The monoisotopic (exact) mass is 498 g/mol. The van der Waals surface area contributed by atoms with Gasteiger partial charge in [0.2, 0.25) is 0 Å². The van der Waals surface area contributed by atoms with Crippen molar-refractivity contribution in [1.82, 2.24) is 5.32 Å². The molecule has 25 heavy (non-hydrogen) atoms. The van der Waals surface area contributed by atoms with Crippen LogP contribution in [0, 0.1) is 0 Å². The Morgan fingerprint density at radius 2 is 1.68 bits per heavy atom. The van der Waals surface area contributed by atoms with Crippen molar-refractivity contribution in [2.45, 2.75) is 6.18 Å². The molecule has 2 N–H and O–H groups in total. The molecule has 0 saturated heterocycles. The molecule has 0 saturated carbocycles. The van der Waals surface area contributed by atoms with Gasteiger partial charge in [-0.15, -0.1) is 0 Å². The Balaban J connectivity index is 2.18. The van der Waals surface area contributed by atoms with Gasteiger partial charge in [0.25, 0.3) is 5.91 Å². The average Bonchev–Trinajstić information content (AvgIpc) is 2.49. The van der Waals surface area contributed by atoms with Gasteiger partial charge in [-0.05, 0) is 40.2 Å². The number of carbonyl (C=O) groups excluding carboxylic acids is 2. The second-order valence-electron chi connectivity index (χ2n) is 4.70. The van der Waals surface area contributed by atoms with Crippen LogP contribution in [0.15, 0.2) is 45.3 Å². The molecule has 0 aromatic heterocycles. The minimum absolute atomic E-state index is 0.0603. The van der Waals surface area contributed by atoms with Crippen molar-refractivity contribution in [3.8, 4) is 0 Å². The Morgan fingerprint density at radius 3 is 2.28 bits per heavy atom. The van der Waals surface area contributed by atoms with E-state index < -0.39 is 23.7 Å². The first-order valence-electron chi connectivity index (χ1n) is 6.52. The summed E-state index contributed by atoms with van der Waals surface area (Å²) in [4.78, 5) is 23.9. The van der Waals surface area contributed by atoms with Gasteiger partial charge in [0, 0.05) is 8.95 Å². The molecule has 2 aromatic carbocycles. The van der Waals surface area contributed by atoms with E-state index in [9.17, 15) is 22.8 Å². The number of benzene rings is 2. The summed E-state index contributed by atoms with van der Waals surface area (Å²) >= 11 is 11.7. The number of nitrogens with one attached hydrogen (secondary N) is 2. The molecule has 0 unspecified atom stereocenters. The van der Waals surface area contributed by atoms with Gasteiger partial charge in [0.15, 0.2) is 0 Å². The van der Waals surface area contributed by atoms with Crippen molar-refractivity contribution in [3.63, 3.8) is 0 Å². The number of carbonyl (C=O) groups is 2. The molecule has 10 heteroatoms. The number of anilines is 1. The highest BCUT2D eigenvalue weighted by Gasteiger charge is 2.34. The van der Waals surface area contributed by atoms with E-state index in [1.54, 1.807) is 12.1 Å². The van der Waals surface area contributed by atoms with Crippen LogP contribution in [0.4, 0.5) is 23.7 Å². The highest BCUT2D eigenvalue weighted by Crippen LogP contribution is 2.39. The Bertz CT molecular complexity index is 844. The van der Waals surface area contributed by atoms with Crippen molar-refractivity contribution in [2.24, 2.45) is 0 Å². The van der Waals surface area contributed by atoms with Crippen molar-refractivity contribution in [2.75, 3.05) is 5.32 Å². The van der Waals surface area contributed by atoms with E-state index in [2.05, 4.69) is 37.2 Å². The van der Waals surface area contributed by atoms with Crippen LogP contribution in [-0.2, 0) is 6.18 Å². The summed E-state index contributed by atoms with van der Waals surface area (Å²) in [6.07, 6.45) is -4.61. The highest BCUT2D eigenvalue weighted by atomic mass is 79.9. The lowest BCUT2D eigenvalue weighted by atomic mass is 10.2. The molecule has 3 amide bonds. The summed E-state index contributed by atoms with van der Waals surface area (Å²) in [6, 6.07) is 6.93. The van der Waals surface area contributed by atoms with E-state index in [1.165, 1.54) is 12.1 Å². The van der Waals surface area contributed by atoms with E-state index in [-0.39, 0.29) is 25.2 Å². The van der Waals surface area contributed by atoms with Gasteiger partial charge in [0.05, 0.1) is 21.8 Å². The fourth-order valence-electron chi connectivity index (χ4n) is 1.83. The zero-order valence-corrected chi connectivity index (χ0v) is 16.0. The SMILES string of the molecule is O=C(NC(=O)c1ccccc1Cl)Nc1cc(C(F)(F)F)c(Br)cc1Br. The predicted octanol–water partition coefficient (Wildman–Crippen LogP) is 5.85. The van der Waals surface area contributed by atoms with Crippen LogP contribution in [0.2, 0.25) is 5.02 Å². The largest absolute Gasteiger partial charge is 0.417 e. The van der Waals surface area contributed by atoms with Crippen LogP contribution < -0.4 is 10.6 Å². The number of hydrogen-bond donors (Lipinski definition) is 2. The normalized spacial score (nSPS) is 11.1. The molecular formula is C15H8Br2ClF3N2O2. The van der Waals surface area contributed by atoms with Crippen LogP contribution in [-0.4, -0.2) is 11.9 Å². The smallest absolute Gasteiger partial charge is 0.307 e. The molecule has 0 aliphatic heterocycles. The molecule has 0 bridgehead atoms. The Labute approximate surface area is 162 Å². The maximum Gasteiger partial charge on any atom is 0.417 e. The number of alkyl halides is 3. The Morgan fingerprint density at radius 1 is 1.04 bits per heavy atom. The van der Waals surface area contributed by atoms with Gasteiger partial charge < -0.3 is 5.32 Å². The standard InChI is InChI=1S/C15H8Br2ClF3N2O2/c16-9-6-10(17)12(5-8(9)15(19,20)21)22-14(25)23-13(24)7-3-1-2-4-11(7)18/h1-6H,(H2,22,23,24,25). The Kier molecular flexibility index (Phi) is 6.12. The van der Waals surface area contributed by atoms with Crippen molar-refractivity contribution < 1.29 is 22.8 Å². The number of hydrogen-bond acceptors (Lipinski definition) is 2. The fraction of sp³-hybridized carbons (Fsp3) is 0.0667. The van der Waals surface area contributed by atoms with Crippen LogP contribution in [0.1, 0.15) is 15.9 Å².